The van der Waals surface area contributed by atoms with Gasteiger partial charge in [-0.1, -0.05) is 27.7 Å². The van der Waals surface area contributed by atoms with Crippen LogP contribution in [0.25, 0.3) is 0 Å². The second-order valence-corrected chi connectivity index (χ2v) is 5.29. The lowest BCUT2D eigenvalue weighted by molar-refractivity contribution is -0.385. The predicted molar refractivity (Wildman–Crippen MR) is 69.9 cm³/mol. The molecule has 0 bridgehead atoms. The average Bonchev–Trinajstić information content (AvgIpc) is 2.34. The lowest BCUT2D eigenvalue weighted by Crippen LogP contribution is -2.31. The maximum absolute atomic E-state index is 11.5. The van der Waals surface area contributed by atoms with E-state index in [-0.39, 0.29) is 11.1 Å². The highest BCUT2D eigenvalue weighted by atomic mass is 16.6. The molecule has 1 aromatic carbocycles. The zero-order valence-electron chi connectivity index (χ0n) is 12.1. The zero-order chi connectivity index (χ0) is 16.5. The van der Waals surface area contributed by atoms with Gasteiger partial charge >= 0.3 is 0 Å². The molecule has 1 aromatic rings. The fourth-order valence-electron chi connectivity index (χ4n) is 2.42. The molecule has 114 valence electrons. The van der Waals surface area contributed by atoms with Crippen molar-refractivity contribution in [3.05, 3.63) is 38.4 Å². The van der Waals surface area contributed by atoms with Crippen molar-refractivity contribution in [2.45, 2.75) is 39.5 Å². The largest absolute Gasteiger partial charge is 0.545 e. The summed E-state index contributed by atoms with van der Waals surface area (Å²) in [4.78, 5) is 33.0. The van der Waals surface area contributed by atoms with Crippen LogP contribution in [0, 0.1) is 10.1 Å². The van der Waals surface area contributed by atoms with Crippen LogP contribution in [-0.4, -0.2) is 16.9 Å². The molecule has 0 aliphatic heterocycles. The Morgan fingerprint density at radius 3 is 1.76 bits per heavy atom. The van der Waals surface area contributed by atoms with Gasteiger partial charge in [-0.2, -0.15) is 0 Å². The molecule has 0 saturated heterocycles. The number of carboxylic acids is 2. The Morgan fingerprint density at radius 1 is 1.00 bits per heavy atom. The van der Waals surface area contributed by atoms with Crippen molar-refractivity contribution in [3.8, 4) is 0 Å². The molecule has 7 nitrogen and oxygen atoms in total. The van der Waals surface area contributed by atoms with Gasteiger partial charge in [-0.3, -0.25) is 10.1 Å². The first-order valence-corrected chi connectivity index (χ1v) is 6.37. The maximum atomic E-state index is 11.5. The van der Waals surface area contributed by atoms with Gasteiger partial charge in [0.05, 0.1) is 16.9 Å². The number of nitro groups is 1. The molecular formula is C14H15NO6-2. The number of hydrogen-bond acceptors (Lipinski definition) is 6. The highest BCUT2D eigenvalue weighted by molar-refractivity contribution is 5.98. The minimum Gasteiger partial charge on any atom is -0.545 e. The van der Waals surface area contributed by atoms with Gasteiger partial charge in [-0.05, 0) is 17.4 Å². The summed E-state index contributed by atoms with van der Waals surface area (Å²) in [7, 11) is 0. The van der Waals surface area contributed by atoms with Crippen LogP contribution >= 0.6 is 0 Å². The third-order valence-electron chi connectivity index (χ3n) is 3.16. The highest BCUT2D eigenvalue weighted by Gasteiger charge is 2.28. The molecule has 0 heterocycles. The second-order valence-electron chi connectivity index (χ2n) is 5.29. The van der Waals surface area contributed by atoms with Crippen LogP contribution in [0.5, 0.6) is 0 Å². The van der Waals surface area contributed by atoms with Gasteiger partial charge in [0.25, 0.3) is 5.69 Å². The van der Waals surface area contributed by atoms with Gasteiger partial charge in [0, 0.05) is 22.8 Å². The normalized spacial score (nSPS) is 11.0. The van der Waals surface area contributed by atoms with Crippen LogP contribution in [0.1, 0.15) is 71.4 Å². The standard InChI is InChI=1S/C14H17NO6/c1-6(2)10-8(13(16)17)5-9(15(20)21)11(7(3)4)12(10)14(18)19/h5-7H,1-4H3,(H,16,17)(H,18,19)/p-2. The Kier molecular flexibility index (Phi) is 4.67. The Balaban J connectivity index is 4.03. The van der Waals surface area contributed by atoms with Crippen LogP contribution in [0.2, 0.25) is 0 Å². The molecule has 0 N–H and O–H groups in total. The number of nitrogens with zero attached hydrogens (tertiary/aromatic N) is 1. The quantitative estimate of drug-likeness (QED) is 0.577. The summed E-state index contributed by atoms with van der Waals surface area (Å²) in [6.45, 7) is 6.39. The van der Waals surface area contributed by atoms with Crippen molar-refractivity contribution in [2.24, 2.45) is 0 Å². The van der Waals surface area contributed by atoms with E-state index in [1.165, 1.54) is 0 Å². The monoisotopic (exact) mass is 293 g/mol. The van der Waals surface area contributed by atoms with Crippen molar-refractivity contribution in [3.63, 3.8) is 0 Å². The number of benzene rings is 1. The molecule has 0 fully saturated rings. The molecule has 0 radical (unpaired) electrons. The summed E-state index contributed by atoms with van der Waals surface area (Å²) in [6, 6.07) is 0.867. The van der Waals surface area contributed by atoms with Crippen molar-refractivity contribution in [1.82, 2.24) is 0 Å². The molecule has 7 heteroatoms. The van der Waals surface area contributed by atoms with Gasteiger partial charge < -0.3 is 19.8 Å². The second kappa shape index (κ2) is 5.90. The molecule has 0 aliphatic carbocycles. The molecule has 0 spiro atoms. The summed E-state index contributed by atoms with van der Waals surface area (Å²) in [6.07, 6.45) is 0. The van der Waals surface area contributed by atoms with Gasteiger partial charge in [0.15, 0.2) is 0 Å². The van der Waals surface area contributed by atoms with Crippen molar-refractivity contribution < 1.29 is 24.7 Å². The molecule has 0 saturated carbocycles. The first-order valence-electron chi connectivity index (χ1n) is 6.37. The SMILES string of the molecule is CC(C)c1c(C(=O)[O-])cc([N+](=O)[O-])c(C(C)C)c1C(=O)[O-]. The number of hydrogen-bond donors (Lipinski definition) is 0. The summed E-state index contributed by atoms with van der Waals surface area (Å²) < 4.78 is 0. The van der Waals surface area contributed by atoms with E-state index in [1.807, 2.05) is 0 Å². The molecule has 0 unspecified atom stereocenters. The van der Waals surface area contributed by atoms with Crippen LogP contribution < -0.4 is 10.2 Å². The van der Waals surface area contributed by atoms with Crippen LogP contribution in [0.4, 0.5) is 5.69 Å². The van der Waals surface area contributed by atoms with E-state index in [2.05, 4.69) is 0 Å². The van der Waals surface area contributed by atoms with Crippen molar-refractivity contribution in [2.75, 3.05) is 0 Å². The lowest BCUT2D eigenvalue weighted by atomic mass is 9.84. The maximum Gasteiger partial charge on any atom is 0.274 e. The van der Waals surface area contributed by atoms with Crippen LogP contribution in [0.3, 0.4) is 0 Å². The fourth-order valence-corrected chi connectivity index (χ4v) is 2.42. The van der Waals surface area contributed by atoms with Crippen molar-refractivity contribution >= 4 is 17.6 Å². The topological polar surface area (TPSA) is 123 Å². The Bertz CT molecular complexity index is 574. The average molecular weight is 293 g/mol. The van der Waals surface area contributed by atoms with Gasteiger partial charge in [0.1, 0.15) is 0 Å². The molecule has 0 aromatic heterocycles. The summed E-state index contributed by atoms with van der Waals surface area (Å²) in [5.74, 6) is -4.23. The van der Waals surface area contributed by atoms with E-state index in [0.717, 1.165) is 6.07 Å². The predicted octanol–water partition coefficient (Wildman–Crippen LogP) is 0.569. The van der Waals surface area contributed by atoms with Crippen LogP contribution in [-0.2, 0) is 0 Å². The first-order chi connectivity index (χ1) is 9.59. The van der Waals surface area contributed by atoms with Gasteiger partial charge in [-0.25, -0.2) is 0 Å². The minimum absolute atomic E-state index is 0.00991. The molecule has 0 atom stereocenters. The summed E-state index contributed by atoms with van der Waals surface area (Å²) in [5.41, 5.74) is -1.50. The number of carboxylic acid groups (broad SMARTS) is 2. The molecule has 21 heavy (non-hydrogen) atoms. The molecule has 1 rings (SSSR count). The van der Waals surface area contributed by atoms with Gasteiger partial charge in [-0.15, -0.1) is 0 Å². The molecular weight excluding hydrogens is 278 g/mol. The summed E-state index contributed by atoms with van der Waals surface area (Å²) >= 11 is 0. The van der Waals surface area contributed by atoms with Crippen molar-refractivity contribution in [1.29, 1.82) is 0 Å². The number of rotatable bonds is 5. The van der Waals surface area contributed by atoms with E-state index < -0.39 is 45.5 Å². The van der Waals surface area contributed by atoms with Crippen LogP contribution in [0.15, 0.2) is 6.07 Å². The smallest absolute Gasteiger partial charge is 0.274 e. The zero-order valence-corrected chi connectivity index (χ0v) is 12.1. The third kappa shape index (κ3) is 3.01. The number of carbonyl (C=O) groups excluding carboxylic acids is 2. The third-order valence-corrected chi connectivity index (χ3v) is 3.16. The molecule has 0 amide bonds. The minimum atomic E-state index is -1.65. The summed E-state index contributed by atoms with van der Waals surface area (Å²) in [5, 5.41) is 33.8. The molecule has 0 aliphatic rings. The Hall–Kier alpha value is -2.44. The number of aromatic carboxylic acids is 2. The first kappa shape index (κ1) is 16.6. The number of carbonyl (C=O) groups is 2. The Labute approximate surface area is 121 Å². The highest BCUT2D eigenvalue weighted by Crippen LogP contribution is 2.37. The Morgan fingerprint density at radius 2 is 1.48 bits per heavy atom. The fraction of sp³-hybridized carbons (Fsp3) is 0.429. The van der Waals surface area contributed by atoms with E-state index in [0.29, 0.717) is 0 Å². The van der Waals surface area contributed by atoms with E-state index in [9.17, 15) is 29.9 Å². The van der Waals surface area contributed by atoms with Gasteiger partial charge in [0.2, 0.25) is 0 Å². The van der Waals surface area contributed by atoms with E-state index in [1.54, 1.807) is 27.7 Å². The van der Waals surface area contributed by atoms with E-state index in [4.69, 9.17) is 0 Å². The number of nitro benzene ring substituents is 1. The lowest BCUT2D eigenvalue weighted by Gasteiger charge is -2.24. The van der Waals surface area contributed by atoms with E-state index >= 15 is 0 Å².